The highest BCUT2D eigenvalue weighted by atomic mass is 16.4. The van der Waals surface area contributed by atoms with Crippen LogP contribution in [-0.2, 0) is 17.3 Å². The van der Waals surface area contributed by atoms with Gasteiger partial charge in [0.1, 0.15) is 5.69 Å². The molecule has 0 saturated carbocycles. The molecule has 6 nitrogen and oxygen atoms in total. The zero-order chi connectivity index (χ0) is 17.2. The van der Waals surface area contributed by atoms with Crippen LogP contribution in [0.4, 0.5) is 0 Å². The highest BCUT2D eigenvalue weighted by molar-refractivity contribution is 5.92. The van der Waals surface area contributed by atoms with E-state index in [4.69, 9.17) is 5.11 Å². The zero-order valence-electron chi connectivity index (χ0n) is 14.5. The van der Waals surface area contributed by atoms with Crippen molar-refractivity contribution in [2.24, 2.45) is 13.0 Å². The Labute approximate surface area is 137 Å². The first-order valence-electron chi connectivity index (χ1n) is 8.24. The number of aryl methyl sites for hydroxylation is 1. The fraction of sp³-hybridized carbons (Fsp3) is 0.706. The molecule has 0 spiro atoms. The molecule has 1 aromatic heterocycles. The third-order valence-electron chi connectivity index (χ3n) is 4.44. The summed E-state index contributed by atoms with van der Waals surface area (Å²) in [5.41, 5.74) is 1.42. The lowest BCUT2D eigenvalue weighted by Gasteiger charge is -2.32. The van der Waals surface area contributed by atoms with Gasteiger partial charge in [-0.15, -0.1) is 0 Å². The van der Waals surface area contributed by atoms with Crippen molar-refractivity contribution in [2.45, 2.75) is 51.9 Å². The van der Waals surface area contributed by atoms with Crippen LogP contribution in [0.2, 0.25) is 0 Å². The van der Waals surface area contributed by atoms with E-state index in [2.05, 4.69) is 25.9 Å². The fourth-order valence-corrected chi connectivity index (χ4v) is 3.01. The van der Waals surface area contributed by atoms with E-state index in [0.29, 0.717) is 18.7 Å². The lowest BCUT2D eigenvalue weighted by atomic mass is 9.92. The Bertz CT molecular complexity index is 586. The average Bonchev–Trinajstić information content (AvgIpc) is 2.87. The zero-order valence-corrected chi connectivity index (χ0v) is 14.5. The van der Waals surface area contributed by atoms with Crippen LogP contribution in [0.25, 0.3) is 0 Å². The molecule has 6 heteroatoms. The molecule has 2 rings (SSSR count). The van der Waals surface area contributed by atoms with E-state index in [1.807, 2.05) is 11.0 Å². The van der Waals surface area contributed by atoms with E-state index in [0.717, 1.165) is 25.1 Å². The van der Waals surface area contributed by atoms with Gasteiger partial charge in [0, 0.05) is 32.0 Å². The van der Waals surface area contributed by atoms with Crippen LogP contribution < -0.4 is 0 Å². The standard InChI is InChI=1S/C17H27N3O3/c1-17(2,3)14-10-13(19(4)18-14)16(23)20-9-5-6-12(11-20)7-8-15(21)22/h10,12H,5-9,11H2,1-4H3,(H,21,22)/t12-/m0/s1. The Morgan fingerprint density at radius 3 is 2.65 bits per heavy atom. The quantitative estimate of drug-likeness (QED) is 0.924. The van der Waals surface area contributed by atoms with Gasteiger partial charge in [0.2, 0.25) is 0 Å². The van der Waals surface area contributed by atoms with Crippen molar-refractivity contribution in [3.63, 3.8) is 0 Å². The summed E-state index contributed by atoms with van der Waals surface area (Å²) in [6.45, 7) is 7.60. The minimum absolute atomic E-state index is 0.00414. The van der Waals surface area contributed by atoms with Gasteiger partial charge in [-0.05, 0) is 31.2 Å². The van der Waals surface area contributed by atoms with E-state index in [9.17, 15) is 9.59 Å². The summed E-state index contributed by atoms with van der Waals surface area (Å²) < 4.78 is 1.66. The van der Waals surface area contributed by atoms with Crippen molar-refractivity contribution in [3.8, 4) is 0 Å². The molecule has 1 N–H and O–H groups in total. The molecule has 1 saturated heterocycles. The maximum absolute atomic E-state index is 12.8. The molecule has 0 aliphatic carbocycles. The van der Waals surface area contributed by atoms with Crippen LogP contribution in [0.3, 0.4) is 0 Å². The molecular weight excluding hydrogens is 294 g/mol. The second-order valence-corrected chi connectivity index (χ2v) is 7.48. The van der Waals surface area contributed by atoms with Crippen LogP contribution in [0.1, 0.15) is 62.6 Å². The number of amides is 1. The summed E-state index contributed by atoms with van der Waals surface area (Å²) in [6, 6.07) is 1.88. The van der Waals surface area contributed by atoms with Gasteiger partial charge >= 0.3 is 5.97 Å². The van der Waals surface area contributed by atoms with Crippen LogP contribution in [0.5, 0.6) is 0 Å². The Morgan fingerprint density at radius 1 is 1.39 bits per heavy atom. The smallest absolute Gasteiger partial charge is 0.303 e. The minimum Gasteiger partial charge on any atom is -0.481 e. The molecule has 1 atom stereocenters. The van der Waals surface area contributed by atoms with Crippen molar-refractivity contribution in [2.75, 3.05) is 13.1 Å². The number of carboxylic acid groups (broad SMARTS) is 1. The van der Waals surface area contributed by atoms with Crippen molar-refractivity contribution >= 4 is 11.9 Å². The maximum atomic E-state index is 12.8. The van der Waals surface area contributed by atoms with Crippen molar-refractivity contribution in [1.82, 2.24) is 14.7 Å². The van der Waals surface area contributed by atoms with E-state index in [1.165, 1.54) is 0 Å². The number of nitrogens with zero attached hydrogens (tertiary/aromatic N) is 3. The SMILES string of the molecule is Cn1nc(C(C)(C)C)cc1C(=O)N1CCC[C@@H](CCC(=O)O)C1. The fourth-order valence-electron chi connectivity index (χ4n) is 3.01. The Hall–Kier alpha value is -1.85. The molecule has 2 heterocycles. The van der Waals surface area contributed by atoms with Gasteiger partial charge in [-0.3, -0.25) is 14.3 Å². The number of likely N-dealkylation sites (tertiary alicyclic amines) is 1. The number of aliphatic carboxylic acids is 1. The number of hydrogen-bond acceptors (Lipinski definition) is 3. The monoisotopic (exact) mass is 321 g/mol. The van der Waals surface area contributed by atoms with Gasteiger partial charge in [0.05, 0.1) is 5.69 Å². The maximum Gasteiger partial charge on any atom is 0.303 e. The normalized spacial score (nSPS) is 19.0. The molecule has 1 amide bonds. The first-order chi connectivity index (χ1) is 10.7. The van der Waals surface area contributed by atoms with Gasteiger partial charge in [-0.2, -0.15) is 5.10 Å². The molecule has 1 aromatic rings. The van der Waals surface area contributed by atoms with E-state index >= 15 is 0 Å². The summed E-state index contributed by atoms with van der Waals surface area (Å²) in [6.07, 6.45) is 2.74. The molecular formula is C17H27N3O3. The van der Waals surface area contributed by atoms with Gasteiger partial charge < -0.3 is 10.0 Å². The third kappa shape index (κ3) is 4.33. The number of rotatable bonds is 4. The van der Waals surface area contributed by atoms with Crippen molar-refractivity contribution < 1.29 is 14.7 Å². The van der Waals surface area contributed by atoms with Crippen LogP contribution in [0, 0.1) is 5.92 Å². The second-order valence-electron chi connectivity index (χ2n) is 7.48. The highest BCUT2D eigenvalue weighted by Gasteiger charge is 2.28. The van der Waals surface area contributed by atoms with Crippen molar-refractivity contribution in [3.05, 3.63) is 17.5 Å². The van der Waals surface area contributed by atoms with E-state index < -0.39 is 5.97 Å². The molecule has 1 fully saturated rings. The summed E-state index contributed by atoms with van der Waals surface area (Å²) in [4.78, 5) is 25.4. The first-order valence-corrected chi connectivity index (χ1v) is 8.24. The summed E-state index contributed by atoms with van der Waals surface area (Å²) in [5.74, 6) is -0.496. The van der Waals surface area contributed by atoms with Crippen LogP contribution in [-0.4, -0.2) is 44.8 Å². The van der Waals surface area contributed by atoms with Crippen molar-refractivity contribution in [1.29, 1.82) is 0 Å². The number of carbonyl (C=O) groups excluding carboxylic acids is 1. The number of hydrogen-bond donors (Lipinski definition) is 1. The average molecular weight is 321 g/mol. The van der Waals surface area contributed by atoms with E-state index in [-0.39, 0.29) is 23.7 Å². The number of carboxylic acids is 1. The Morgan fingerprint density at radius 2 is 2.09 bits per heavy atom. The molecule has 0 bridgehead atoms. The molecule has 0 radical (unpaired) electrons. The van der Waals surface area contributed by atoms with E-state index in [1.54, 1.807) is 11.7 Å². The summed E-state index contributed by atoms with van der Waals surface area (Å²) in [7, 11) is 1.80. The first kappa shape index (κ1) is 17.5. The number of piperidine rings is 1. The predicted molar refractivity (Wildman–Crippen MR) is 87.4 cm³/mol. The third-order valence-corrected chi connectivity index (χ3v) is 4.44. The van der Waals surface area contributed by atoms with Crippen LogP contribution >= 0.6 is 0 Å². The summed E-state index contributed by atoms with van der Waals surface area (Å²) >= 11 is 0. The topological polar surface area (TPSA) is 75.4 Å². The Balaban J connectivity index is 2.08. The van der Waals surface area contributed by atoms with Crippen LogP contribution in [0.15, 0.2) is 6.07 Å². The predicted octanol–water partition coefficient (Wildman–Crippen LogP) is 2.43. The van der Waals surface area contributed by atoms with Gasteiger partial charge in [-0.25, -0.2) is 0 Å². The number of carbonyl (C=O) groups is 2. The Kier molecular flexibility index (Phi) is 5.12. The summed E-state index contributed by atoms with van der Waals surface area (Å²) in [5, 5.41) is 13.3. The van der Waals surface area contributed by atoms with Gasteiger partial charge in [-0.1, -0.05) is 20.8 Å². The molecule has 0 unspecified atom stereocenters. The van der Waals surface area contributed by atoms with Gasteiger partial charge in [0.25, 0.3) is 5.91 Å². The largest absolute Gasteiger partial charge is 0.481 e. The molecule has 0 aromatic carbocycles. The lowest BCUT2D eigenvalue weighted by molar-refractivity contribution is -0.137. The molecule has 128 valence electrons. The minimum atomic E-state index is -0.769. The second kappa shape index (κ2) is 6.72. The molecule has 1 aliphatic rings. The lowest BCUT2D eigenvalue weighted by Crippen LogP contribution is -2.40. The molecule has 1 aliphatic heterocycles. The number of aromatic nitrogens is 2. The molecule has 23 heavy (non-hydrogen) atoms. The highest BCUT2D eigenvalue weighted by Crippen LogP contribution is 2.25. The van der Waals surface area contributed by atoms with Gasteiger partial charge in [0.15, 0.2) is 0 Å².